The first-order valence-corrected chi connectivity index (χ1v) is 6.64. The molecule has 100 valence electrons. The lowest BCUT2D eigenvalue weighted by molar-refractivity contribution is -0.275. The van der Waals surface area contributed by atoms with Crippen molar-refractivity contribution in [3.05, 3.63) is 21.0 Å². The molecule has 0 saturated carbocycles. The van der Waals surface area contributed by atoms with Crippen molar-refractivity contribution >= 4 is 44.5 Å². The number of carboxylic acid groups (broad SMARTS) is 1. The van der Waals surface area contributed by atoms with Gasteiger partial charge in [0, 0.05) is 14.5 Å². The van der Waals surface area contributed by atoms with Gasteiger partial charge >= 0.3 is 12.3 Å². The number of halogens is 5. The molecule has 1 aromatic heterocycles. The van der Waals surface area contributed by atoms with E-state index < -0.39 is 18.1 Å². The molecule has 18 heavy (non-hydrogen) atoms. The van der Waals surface area contributed by atoms with Crippen LogP contribution in [0.5, 0.6) is 5.75 Å². The molecule has 1 N–H and O–H groups in total. The van der Waals surface area contributed by atoms with Crippen LogP contribution in [0.15, 0.2) is 6.20 Å². The zero-order chi connectivity index (χ0) is 13.9. The molecule has 0 aliphatic carbocycles. The van der Waals surface area contributed by atoms with Crippen LogP contribution in [0.2, 0.25) is 0 Å². The molecule has 0 aliphatic heterocycles. The lowest BCUT2D eigenvalue weighted by atomic mass is 10.2. The molecule has 9 heteroatoms. The van der Waals surface area contributed by atoms with E-state index in [1.54, 1.807) is 22.6 Å². The zero-order valence-electron chi connectivity index (χ0n) is 8.59. The average molecular weight is 440 g/mol. The fraction of sp³-hybridized carbons (Fsp3) is 0.333. The van der Waals surface area contributed by atoms with E-state index in [0.29, 0.717) is 3.57 Å². The third-order valence-corrected chi connectivity index (χ3v) is 3.67. The van der Waals surface area contributed by atoms with Crippen LogP contribution in [0, 0.1) is 3.57 Å². The molecule has 4 nitrogen and oxygen atoms in total. The number of nitrogens with zero attached hydrogens (tertiary/aromatic N) is 1. The van der Waals surface area contributed by atoms with Crippen molar-refractivity contribution in [3.8, 4) is 5.75 Å². The summed E-state index contributed by atoms with van der Waals surface area (Å²) in [4.78, 5) is 14.2. The van der Waals surface area contributed by atoms with E-state index in [4.69, 9.17) is 5.11 Å². The largest absolute Gasteiger partial charge is 0.573 e. The molecule has 0 atom stereocenters. The van der Waals surface area contributed by atoms with E-state index in [-0.39, 0.29) is 23.0 Å². The van der Waals surface area contributed by atoms with Gasteiger partial charge in [0.1, 0.15) is 0 Å². The van der Waals surface area contributed by atoms with Crippen LogP contribution in [0.4, 0.5) is 13.2 Å². The van der Waals surface area contributed by atoms with E-state index in [1.165, 1.54) is 0 Å². The van der Waals surface area contributed by atoms with Gasteiger partial charge in [0.2, 0.25) is 0 Å². The second-order valence-electron chi connectivity index (χ2n) is 3.11. The number of carboxylic acids is 1. The number of pyridine rings is 1. The summed E-state index contributed by atoms with van der Waals surface area (Å²) in [6.45, 7) is 0. The highest BCUT2D eigenvalue weighted by molar-refractivity contribution is 14.1. The van der Waals surface area contributed by atoms with Gasteiger partial charge < -0.3 is 9.84 Å². The summed E-state index contributed by atoms with van der Waals surface area (Å²) in [7, 11) is 0. The maximum Gasteiger partial charge on any atom is 0.573 e. The molecule has 0 saturated heterocycles. The van der Waals surface area contributed by atoms with Gasteiger partial charge in [0.25, 0.3) is 0 Å². The normalized spacial score (nSPS) is 11.4. The van der Waals surface area contributed by atoms with Gasteiger partial charge in [-0.2, -0.15) is 0 Å². The number of hydrogen-bond donors (Lipinski definition) is 1. The zero-order valence-corrected chi connectivity index (χ0v) is 12.3. The standard InChI is InChI=1S/C9H6BrF3INO3/c10-2-4-6(18-9(11,12)13)3-15-5(8(4)14)1-7(16)17/h3H,1-2H2,(H,16,17). The van der Waals surface area contributed by atoms with Crippen molar-refractivity contribution in [2.75, 3.05) is 0 Å². The van der Waals surface area contributed by atoms with E-state index in [0.717, 1.165) is 6.20 Å². The summed E-state index contributed by atoms with van der Waals surface area (Å²) < 4.78 is 40.6. The second-order valence-corrected chi connectivity index (χ2v) is 4.75. The molecule has 1 aromatic rings. The minimum Gasteiger partial charge on any atom is -0.481 e. The number of carbonyl (C=O) groups is 1. The molecule has 0 amide bonds. The van der Waals surface area contributed by atoms with Crippen LogP contribution in [-0.2, 0) is 16.5 Å². The summed E-state index contributed by atoms with van der Waals surface area (Å²) in [6.07, 6.45) is -4.29. The Kier molecular flexibility index (Phi) is 5.20. The van der Waals surface area contributed by atoms with Crippen LogP contribution in [-0.4, -0.2) is 22.4 Å². The Bertz CT molecular complexity index is 467. The van der Waals surface area contributed by atoms with Gasteiger partial charge in [-0.15, -0.1) is 13.2 Å². The Morgan fingerprint density at radius 3 is 2.61 bits per heavy atom. The molecule has 0 aliphatic rings. The minimum atomic E-state index is -4.81. The summed E-state index contributed by atoms with van der Waals surface area (Å²) in [5.41, 5.74) is 0.422. The topological polar surface area (TPSA) is 59.4 Å². The van der Waals surface area contributed by atoms with Crippen molar-refractivity contribution in [1.29, 1.82) is 0 Å². The second kappa shape index (κ2) is 6.04. The fourth-order valence-electron chi connectivity index (χ4n) is 1.16. The molecule has 0 fully saturated rings. The van der Waals surface area contributed by atoms with E-state index >= 15 is 0 Å². The average Bonchev–Trinajstić information content (AvgIpc) is 2.20. The molecule has 0 aromatic carbocycles. The molecule has 0 radical (unpaired) electrons. The van der Waals surface area contributed by atoms with Gasteiger partial charge in [-0.05, 0) is 22.6 Å². The van der Waals surface area contributed by atoms with Crippen molar-refractivity contribution in [1.82, 2.24) is 4.98 Å². The van der Waals surface area contributed by atoms with E-state index in [9.17, 15) is 18.0 Å². The maximum atomic E-state index is 12.1. The van der Waals surface area contributed by atoms with Gasteiger partial charge in [-0.25, -0.2) is 0 Å². The first-order chi connectivity index (χ1) is 8.24. The Hall–Kier alpha value is -0.580. The highest BCUT2D eigenvalue weighted by Gasteiger charge is 2.33. The third kappa shape index (κ3) is 4.26. The van der Waals surface area contributed by atoms with E-state index in [1.807, 2.05) is 0 Å². The molecular weight excluding hydrogens is 434 g/mol. The fourth-order valence-corrected chi connectivity index (χ4v) is 3.02. The Morgan fingerprint density at radius 2 is 2.17 bits per heavy atom. The third-order valence-electron chi connectivity index (χ3n) is 1.83. The molecule has 0 unspecified atom stereocenters. The van der Waals surface area contributed by atoms with Crippen LogP contribution in [0.25, 0.3) is 0 Å². The predicted octanol–water partition coefficient (Wildman–Crippen LogP) is 3.11. The maximum absolute atomic E-state index is 12.1. The molecular formula is C9H6BrF3INO3. The number of alkyl halides is 4. The number of ether oxygens (including phenoxy) is 1. The highest BCUT2D eigenvalue weighted by atomic mass is 127. The van der Waals surface area contributed by atoms with Gasteiger partial charge in [0.15, 0.2) is 5.75 Å². The predicted molar refractivity (Wildman–Crippen MR) is 67.6 cm³/mol. The van der Waals surface area contributed by atoms with Crippen molar-refractivity contribution in [3.63, 3.8) is 0 Å². The first-order valence-electron chi connectivity index (χ1n) is 4.44. The highest BCUT2D eigenvalue weighted by Crippen LogP contribution is 2.31. The molecule has 1 heterocycles. The van der Waals surface area contributed by atoms with Crippen LogP contribution < -0.4 is 4.74 Å². The van der Waals surface area contributed by atoms with Gasteiger partial charge in [-0.3, -0.25) is 9.78 Å². The van der Waals surface area contributed by atoms with Crippen molar-refractivity contribution in [2.45, 2.75) is 18.1 Å². The monoisotopic (exact) mass is 439 g/mol. The lowest BCUT2D eigenvalue weighted by Gasteiger charge is -2.14. The van der Waals surface area contributed by atoms with Crippen molar-refractivity contribution < 1.29 is 27.8 Å². The number of aromatic nitrogens is 1. The Labute approximate surface area is 122 Å². The van der Waals surface area contributed by atoms with Crippen LogP contribution >= 0.6 is 38.5 Å². The molecule has 1 rings (SSSR count). The summed E-state index contributed by atoms with van der Waals surface area (Å²) >= 11 is 4.79. The number of hydrogen-bond acceptors (Lipinski definition) is 3. The Morgan fingerprint density at radius 1 is 1.56 bits per heavy atom. The lowest BCUT2D eigenvalue weighted by Crippen LogP contribution is -2.19. The summed E-state index contributed by atoms with van der Waals surface area (Å²) in [5.74, 6) is -1.54. The van der Waals surface area contributed by atoms with Crippen molar-refractivity contribution in [2.24, 2.45) is 0 Å². The van der Waals surface area contributed by atoms with Crippen LogP contribution in [0.3, 0.4) is 0 Å². The number of aliphatic carboxylic acids is 1. The number of rotatable bonds is 4. The smallest absolute Gasteiger partial charge is 0.481 e. The first kappa shape index (κ1) is 15.5. The quantitative estimate of drug-likeness (QED) is 0.578. The summed E-state index contributed by atoms with van der Waals surface area (Å²) in [5, 5.41) is 8.75. The van der Waals surface area contributed by atoms with Gasteiger partial charge in [0.05, 0.1) is 18.3 Å². The summed E-state index contributed by atoms with van der Waals surface area (Å²) in [6, 6.07) is 0. The van der Waals surface area contributed by atoms with Crippen LogP contribution in [0.1, 0.15) is 11.3 Å². The minimum absolute atomic E-state index is 0.103. The molecule has 0 bridgehead atoms. The molecule has 0 spiro atoms. The van der Waals surface area contributed by atoms with Gasteiger partial charge in [-0.1, -0.05) is 15.9 Å². The van der Waals surface area contributed by atoms with E-state index in [2.05, 4.69) is 25.7 Å². The SMILES string of the molecule is O=C(O)Cc1ncc(OC(F)(F)F)c(CBr)c1I. The Balaban J connectivity index is 3.16.